The third-order valence-electron chi connectivity index (χ3n) is 4.70. The first-order chi connectivity index (χ1) is 11.9. The first-order valence-electron chi connectivity index (χ1n) is 8.45. The van der Waals surface area contributed by atoms with Gasteiger partial charge >= 0.3 is 6.18 Å². The molecule has 0 saturated heterocycles. The first kappa shape index (κ1) is 17.5. The Kier molecular flexibility index (Phi) is 4.84. The summed E-state index contributed by atoms with van der Waals surface area (Å²) in [5.41, 5.74) is 2.26. The van der Waals surface area contributed by atoms with Gasteiger partial charge in [-0.25, -0.2) is 0 Å². The Morgan fingerprint density at radius 3 is 2.44 bits per heavy atom. The van der Waals surface area contributed by atoms with Crippen LogP contribution in [0, 0.1) is 0 Å². The van der Waals surface area contributed by atoms with E-state index in [4.69, 9.17) is 0 Å². The Morgan fingerprint density at radius 1 is 1.04 bits per heavy atom. The maximum Gasteiger partial charge on any atom is 0.417 e. The van der Waals surface area contributed by atoms with Gasteiger partial charge in [-0.3, -0.25) is 4.79 Å². The first-order valence-corrected chi connectivity index (χ1v) is 8.45. The number of carbonyl (C=O) groups excluding carboxylic acids is 1. The van der Waals surface area contributed by atoms with E-state index in [-0.39, 0.29) is 11.6 Å². The molecule has 2 nitrogen and oxygen atoms in total. The number of alkyl halides is 3. The van der Waals surface area contributed by atoms with Crippen LogP contribution in [-0.2, 0) is 19.0 Å². The van der Waals surface area contributed by atoms with Crippen molar-refractivity contribution in [3.8, 4) is 0 Å². The number of amides is 1. The van der Waals surface area contributed by atoms with Gasteiger partial charge in [-0.2, -0.15) is 13.2 Å². The van der Waals surface area contributed by atoms with Gasteiger partial charge in [0.1, 0.15) is 0 Å². The zero-order chi connectivity index (χ0) is 18.0. The van der Waals surface area contributed by atoms with Gasteiger partial charge in [0.2, 0.25) is 0 Å². The number of nitrogens with one attached hydrogen (secondary N) is 1. The normalized spacial score (nSPS) is 15.4. The molecule has 1 aliphatic rings. The summed E-state index contributed by atoms with van der Waals surface area (Å²) in [5, 5.41) is 2.69. The number of hydrogen-bond donors (Lipinski definition) is 1. The van der Waals surface area contributed by atoms with E-state index in [2.05, 4.69) is 17.4 Å². The summed E-state index contributed by atoms with van der Waals surface area (Å²) in [4.78, 5) is 12.4. The molecule has 25 heavy (non-hydrogen) atoms. The maximum atomic E-state index is 13.1. The molecular weight excluding hydrogens is 327 g/mol. The molecule has 2 aromatic rings. The zero-order valence-electron chi connectivity index (χ0n) is 14.0. The number of rotatable bonds is 3. The zero-order valence-corrected chi connectivity index (χ0v) is 14.0. The van der Waals surface area contributed by atoms with Crippen molar-refractivity contribution in [1.82, 2.24) is 5.32 Å². The molecule has 0 spiro atoms. The SMILES string of the molecule is C[C@@H](NC(=O)c1ccccc1C(F)(F)F)c1ccc2c(c1)CCCC2. The minimum Gasteiger partial charge on any atom is -0.346 e. The van der Waals surface area contributed by atoms with Crippen molar-refractivity contribution in [3.63, 3.8) is 0 Å². The van der Waals surface area contributed by atoms with Crippen molar-refractivity contribution < 1.29 is 18.0 Å². The van der Waals surface area contributed by atoms with Crippen molar-refractivity contribution in [2.45, 2.75) is 44.8 Å². The van der Waals surface area contributed by atoms with E-state index >= 15 is 0 Å². The van der Waals surface area contributed by atoms with E-state index in [9.17, 15) is 18.0 Å². The lowest BCUT2D eigenvalue weighted by atomic mass is 9.89. The Hall–Kier alpha value is -2.30. The van der Waals surface area contributed by atoms with Crippen molar-refractivity contribution in [2.24, 2.45) is 0 Å². The number of fused-ring (bicyclic) bond motifs is 1. The number of hydrogen-bond acceptors (Lipinski definition) is 1. The molecule has 2 aromatic carbocycles. The standard InChI is InChI=1S/C20H20F3NO/c1-13(15-11-10-14-6-2-3-7-16(14)12-15)24-19(25)17-8-4-5-9-18(17)20(21,22)23/h4-5,8-13H,2-3,6-7H2,1H3,(H,24,25)/t13-/m1/s1. The van der Waals surface area contributed by atoms with Crippen LogP contribution in [0.5, 0.6) is 0 Å². The maximum absolute atomic E-state index is 13.1. The summed E-state index contributed by atoms with van der Waals surface area (Å²) in [7, 11) is 0. The van der Waals surface area contributed by atoms with Gasteiger partial charge in [0.15, 0.2) is 0 Å². The summed E-state index contributed by atoms with van der Waals surface area (Å²) >= 11 is 0. The van der Waals surface area contributed by atoms with Crippen molar-refractivity contribution >= 4 is 5.91 Å². The lowest BCUT2D eigenvalue weighted by Gasteiger charge is -2.20. The highest BCUT2D eigenvalue weighted by Gasteiger charge is 2.35. The molecule has 1 atom stereocenters. The highest BCUT2D eigenvalue weighted by Crippen LogP contribution is 2.32. The van der Waals surface area contributed by atoms with E-state index in [1.165, 1.54) is 35.7 Å². The molecular formula is C20H20F3NO. The molecule has 0 aliphatic heterocycles. The second-order valence-corrected chi connectivity index (χ2v) is 6.47. The second-order valence-electron chi connectivity index (χ2n) is 6.47. The van der Waals surface area contributed by atoms with E-state index in [1.54, 1.807) is 6.92 Å². The molecule has 0 unspecified atom stereocenters. The van der Waals surface area contributed by atoms with Crippen LogP contribution in [0.4, 0.5) is 13.2 Å². The molecule has 0 heterocycles. The second kappa shape index (κ2) is 6.90. The van der Waals surface area contributed by atoms with Crippen LogP contribution in [0.15, 0.2) is 42.5 Å². The Labute approximate surface area is 145 Å². The van der Waals surface area contributed by atoms with Gasteiger partial charge in [-0.1, -0.05) is 30.3 Å². The van der Waals surface area contributed by atoms with Gasteiger partial charge in [-0.05, 0) is 61.4 Å². The van der Waals surface area contributed by atoms with Crippen molar-refractivity contribution in [3.05, 3.63) is 70.3 Å². The quantitative estimate of drug-likeness (QED) is 0.825. The molecule has 1 amide bonds. The summed E-state index contributed by atoms with van der Waals surface area (Å²) in [5.74, 6) is -0.710. The third-order valence-corrected chi connectivity index (χ3v) is 4.70. The fraction of sp³-hybridized carbons (Fsp3) is 0.350. The molecule has 1 N–H and O–H groups in total. The predicted molar refractivity (Wildman–Crippen MR) is 90.4 cm³/mol. The van der Waals surface area contributed by atoms with Crippen molar-refractivity contribution in [2.75, 3.05) is 0 Å². The highest BCUT2D eigenvalue weighted by molar-refractivity contribution is 5.96. The fourth-order valence-electron chi connectivity index (χ4n) is 3.31. The average molecular weight is 347 g/mol. The number of halogens is 3. The predicted octanol–water partition coefficient (Wildman–Crippen LogP) is 5.08. The third kappa shape index (κ3) is 3.86. The number of aryl methyl sites for hydroxylation is 2. The van der Waals surface area contributed by atoms with Gasteiger partial charge in [0, 0.05) is 0 Å². The van der Waals surface area contributed by atoms with Crippen LogP contribution in [0.3, 0.4) is 0 Å². The molecule has 1 aliphatic carbocycles. The van der Waals surface area contributed by atoms with Crippen LogP contribution in [0.2, 0.25) is 0 Å². The highest BCUT2D eigenvalue weighted by atomic mass is 19.4. The van der Waals surface area contributed by atoms with E-state index < -0.39 is 17.6 Å². The summed E-state index contributed by atoms with van der Waals surface area (Å²) < 4.78 is 39.2. The molecule has 0 bridgehead atoms. The van der Waals surface area contributed by atoms with Crippen LogP contribution in [0.1, 0.15) is 58.4 Å². The minimum absolute atomic E-state index is 0.347. The van der Waals surface area contributed by atoms with E-state index in [0.29, 0.717) is 0 Å². The molecule has 0 fully saturated rings. The fourth-order valence-corrected chi connectivity index (χ4v) is 3.31. The van der Waals surface area contributed by atoms with E-state index in [1.807, 2.05) is 6.07 Å². The number of carbonyl (C=O) groups is 1. The van der Waals surface area contributed by atoms with Gasteiger partial charge in [-0.15, -0.1) is 0 Å². The molecule has 0 saturated carbocycles. The van der Waals surface area contributed by atoms with Gasteiger partial charge in [0.05, 0.1) is 17.2 Å². The summed E-state index contributed by atoms with van der Waals surface area (Å²) in [6.45, 7) is 1.79. The molecule has 3 rings (SSSR count). The van der Waals surface area contributed by atoms with Gasteiger partial charge in [0.25, 0.3) is 5.91 Å². The summed E-state index contributed by atoms with van der Waals surface area (Å²) in [6.07, 6.45) is -0.137. The van der Waals surface area contributed by atoms with Crippen LogP contribution in [-0.4, -0.2) is 5.91 Å². The van der Waals surface area contributed by atoms with E-state index in [0.717, 1.165) is 30.9 Å². The molecule has 0 radical (unpaired) electrons. The van der Waals surface area contributed by atoms with Crippen LogP contribution >= 0.6 is 0 Å². The topological polar surface area (TPSA) is 29.1 Å². The lowest BCUT2D eigenvalue weighted by molar-refractivity contribution is -0.137. The largest absolute Gasteiger partial charge is 0.417 e. The smallest absolute Gasteiger partial charge is 0.346 e. The van der Waals surface area contributed by atoms with Crippen LogP contribution in [0.25, 0.3) is 0 Å². The van der Waals surface area contributed by atoms with Crippen LogP contribution < -0.4 is 5.32 Å². The molecule has 0 aromatic heterocycles. The Bertz CT molecular complexity index is 783. The van der Waals surface area contributed by atoms with Gasteiger partial charge < -0.3 is 5.32 Å². The van der Waals surface area contributed by atoms with Crippen molar-refractivity contribution in [1.29, 1.82) is 0 Å². The Balaban J connectivity index is 1.80. The molecule has 132 valence electrons. The summed E-state index contributed by atoms with van der Waals surface area (Å²) in [6, 6.07) is 10.6. The average Bonchev–Trinajstić information content (AvgIpc) is 2.60. The number of benzene rings is 2. The monoisotopic (exact) mass is 347 g/mol. The Morgan fingerprint density at radius 2 is 1.72 bits per heavy atom. The molecule has 5 heteroatoms. The lowest BCUT2D eigenvalue weighted by Crippen LogP contribution is -2.29. The minimum atomic E-state index is -4.55.